The summed E-state index contributed by atoms with van der Waals surface area (Å²) in [7, 11) is 1.61. The molecule has 1 aromatic rings. The number of nitrogens with zero attached hydrogens (tertiary/aromatic N) is 2. The van der Waals surface area contributed by atoms with E-state index in [4.69, 9.17) is 4.74 Å². The molecule has 0 aliphatic carbocycles. The van der Waals surface area contributed by atoms with Crippen molar-refractivity contribution in [3.63, 3.8) is 0 Å². The first kappa shape index (κ1) is 18.2. The Morgan fingerprint density at radius 3 is 2.43 bits per heavy atom. The molecule has 6 nitrogen and oxygen atoms in total. The fourth-order valence-electron chi connectivity index (χ4n) is 2.44. The Balaban J connectivity index is 1.76. The second-order valence-corrected chi connectivity index (χ2v) is 6.66. The molecule has 1 aliphatic rings. The summed E-state index contributed by atoms with van der Waals surface area (Å²) in [5, 5.41) is 2.81. The smallest absolute Gasteiger partial charge is 0.253 e. The summed E-state index contributed by atoms with van der Waals surface area (Å²) in [5.74, 6) is 0.0602. The van der Waals surface area contributed by atoms with Gasteiger partial charge in [-0.1, -0.05) is 0 Å². The van der Waals surface area contributed by atoms with Crippen molar-refractivity contribution in [2.75, 3.05) is 53.0 Å². The van der Waals surface area contributed by atoms with Gasteiger partial charge in [0.05, 0.1) is 13.2 Å². The molecule has 7 heteroatoms. The van der Waals surface area contributed by atoms with Crippen LogP contribution in [0.4, 0.5) is 0 Å². The molecule has 1 aliphatic heterocycles. The van der Waals surface area contributed by atoms with Crippen molar-refractivity contribution in [3.8, 4) is 0 Å². The maximum absolute atomic E-state index is 12.4. The van der Waals surface area contributed by atoms with Gasteiger partial charge >= 0.3 is 0 Å². The molecule has 1 saturated heterocycles. The molecule has 0 bridgehead atoms. The van der Waals surface area contributed by atoms with E-state index in [0.29, 0.717) is 45.9 Å². The first-order valence-corrected chi connectivity index (χ1v) is 8.71. The maximum Gasteiger partial charge on any atom is 0.253 e. The first-order valence-electron chi connectivity index (χ1n) is 7.63. The normalized spacial score (nSPS) is 15.5. The molecule has 0 atom stereocenters. The van der Waals surface area contributed by atoms with Crippen molar-refractivity contribution >= 4 is 34.4 Å². The minimum Gasteiger partial charge on any atom is -0.383 e. The molecule has 1 fully saturated rings. The largest absolute Gasteiger partial charge is 0.383 e. The van der Waals surface area contributed by atoms with Gasteiger partial charge in [-0.25, -0.2) is 0 Å². The van der Waals surface area contributed by atoms with Gasteiger partial charge in [0, 0.05) is 49.0 Å². The predicted octanol–water partition coefficient (Wildman–Crippen LogP) is 0.812. The topological polar surface area (TPSA) is 61.9 Å². The molecule has 2 rings (SSSR count). The molecule has 126 valence electrons. The van der Waals surface area contributed by atoms with E-state index in [-0.39, 0.29) is 11.8 Å². The van der Waals surface area contributed by atoms with Crippen LogP contribution in [0.15, 0.2) is 24.3 Å². The molecule has 23 heavy (non-hydrogen) atoms. The van der Waals surface area contributed by atoms with Gasteiger partial charge in [-0.3, -0.25) is 14.5 Å². The van der Waals surface area contributed by atoms with Gasteiger partial charge < -0.3 is 15.0 Å². The van der Waals surface area contributed by atoms with Gasteiger partial charge in [0.2, 0.25) is 5.91 Å². The lowest BCUT2D eigenvalue weighted by Gasteiger charge is -2.34. The quantitative estimate of drug-likeness (QED) is 0.535. The van der Waals surface area contributed by atoms with E-state index in [9.17, 15) is 9.59 Å². The molecule has 0 aromatic heterocycles. The Kier molecular flexibility index (Phi) is 7.25. The van der Waals surface area contributed by atoms with Gasteiger partial charge in [-0.05, 0) is 46.9 Å². The monoisotopic (exact) mass is 431 g/mol. The predicted molar refractivity (Wildman–Crippen MR) is 96.4 cm³/mol. The molecule has 0 unspecified atom stereocenters. The fourth-order valence-corrected chi connectivity index (χ4v) is 2.80. The van der Waals surface area contributed by atoms with E-state index in [2.05, 4.69) is 32.8 Å². The molecule has 0 spiro atoms. The summed E-state index contributed by atoms with van der Waals surface area (Å²) in [6.45, 7) is 4.15. The van der Waals surface area contributed by atoms with Crippen LogP contribution in [0, 0.1) is 3.57 Å². The standard InChI is InChI=1S/C16H22IN3O3/c1-23-11-6-18-15(21)12-19-7-9-20(10-8-19)16(22)13-2-4-14(17)5-3-13/h2-5H,6-12H2,1H3,(H,18,21). The van der Waals surface area contributed by atoms with Crippen LogP contribution in [0.5, 0.6) is 0 Å². The van der Waals surface area contributed by atoms with Crippen molar-refractivity contribution in [1.82, 2.24) is 15.1 Å². The Morgan fingerprint density at radius 2 is 1.83 bits per heavy atom. The Morgan fingerprint density at radius 1 is 1.17 bits per heavy atom. The van der Waals surface area contributed by atoms with E-state index < -0.39 is 0 Å². The molecule has 0 saturated carbocycles. The fraction of sp³-hybridized carbons (Fsp3) is 0.500. The Bertz CT molecular complexity index is 528. The highest BCUT2D eigenvalue weighted by Crippen LogP contribution is 2.11. The number of halogens is 1. The number of carbonyl (C=O) groups is 2. The summed E-state index contributed by atoms with van der Waals surface area (Å²) in [6.07, 6.45) is 0. The van der Waals surface area contributed by atoms with E-state index in [0.717, 1.165) is 9.13 Å². The van der Waals surface area contributed by atoms with Crippen molar-refractivity contribution in [3.05, 3.63) is 33.4 Å². The van der Waals surface area contributed by atoms with Crippen LogP contribution in [-0.2, 0) is 9.53 Å². The molecule has 0 radical (unpaired) electrons. The van der Waals surface area contributed by atoms with E-state index in [1.54, 1.807) is 7.11 Å². The minimum absolute atomic E-state index is 0.000499. The number of amides is 2. The van der Waals surface area contributed by atoms with Crippen LogP contribution in [-0.4, -0.2) is 74.6 Å². The molecular weight excluding hydrogens is 409 g/mol. The Hall–Kier alpha value is -1.19. The Labute approximate surface area is 150 Å². The lowest BCUT2D eigenvalue weighted by Crippen LogP contribution is -2.51. The third kappa shape index (κ3) is 5.74. The SMILES string of the molecule is COCCNC(=O)CN1CCN(C(=O)c2ccc(I)cc2)CC1. The minimum atomic E-state index is -0.000499. The third-order valence-electron chi connectivity index (χ3n) is 3.75. The van der Waals surface area contributed by atoms with Crippen LogP contribution in [0.25, 0.3) is 0 Å². The zero-order chi connectivity index (χ0) is 16.7. The van der Waals surface area contributed by atoms with Gasteiger partial charge in [0.1, 0.15) is 0 Å². The van der Waals surface area contributed by atoms with Crippen molar-refractivity contribution in [1.29, 1.82) is 0 Å². The molecular formula is C16H22IN3O3. The number of ether oxygens (including phenoxy) is 1. The molecule has 1 aromatic carbocycles. The molecule has 1 N–H and O–H groups in total. The highest BCUT2D eigenvalue weighted by molar-refractivity contribution is 14.1. The van der Waals surface area contributed by atoms with Crippen LogP contribution < -0.4 is 5.32 Å². The van der Waals surface area contributed by atoms with E-state index in [1.165, 1.54) is 0 Å². The van der Waals surface area contributed by atoms with Crippen LogP contribution >= 0.6 is 22.6 Å². The highest BCUT2D eigenvalue weighted by atomic mass is 127. The van der Waals surface area contributed by atoms with E-state index in [1.807, 2.05) is 29.2 Å². The molecule has 1 heterocycles. The third-order valence-corrected chi connectivity index (χ3v) is 4.47. The number of hydrogen-bond donors (Lipinski definition) is 1. The lowest BCUT2D eigenvalue weighted by atomic mass is 10.2. The van der Waals surface area contributed by atoms with Crippen molar-refractivity contribution in [2.45, 2.75) is 0 Å². The summed E-state index contributed by atoms with van der Waals surface area (Å²) < 4.78 is 6.01. The van der Waals surface area contributed by atoms with Crippen molar-refractivity contribution in [2.24, 2.45) is 0 Å². The number of piperazine rings is 1. The zero-order valence-corrected chi connectivity index (χ0v) is 15.4. The average Bonchev–Trinajstić information content (AvgIpc) is 2.56. The van der Waals surface area contributed by atoms with E-state index >= 15 is 0 Å². The summed E-state index contributed by atoms with van der Waals surface area (Å²) >= 11 is 2.22. The first-order chi connectivity index (χ1) is 11.1. The summed E-state index contributed by atoms with van der Waals surface area (Å²) in [5.41, 5.74) is 0.719. The summed E-state index contributed by atoms with van der Waals surface area (Å²) in [4.78, 5) is 28.1. The number of nitrogens with one attached hydrogen (secondary N) is 1. The average molecular weight is 431 g/mol. The highest BCUT2D eigenvalue weighted by Gasteiger charge is 2.23. The zero-order valence-electron chi connectivity index (χ0n) is 13.3. The summed E-state index contributed by atoms with van der Waals surface area (Å²) in [6, 6.07) is 7.60. The van der Waals surface area contributed by atoms with Gasteiger partial charge in [-0.15, -0.1) is 0 Å². The number of rotatable bonds is 6. The maximum atomic E-state index is 12.4. The second kappa shape index (κ2) is 9.19. The van der Waals surface area contributed by atoms with Crippen LogP contribution in [0.2, 0.25) is 0 Å². The number of hydrogen-bond acceptors (Lipinski definition) is 4. The molecule has 2 amide bonds. The van der Waals surface area contributed by atoms with Gasteiger partial charge in [0.15, 0.2) is 0 Å². The van der Waals surface area contributed by atoms with Gasteiger partial charge in [0.25, 0.3) is 5.91 Å². The van der Waals surface area contributed by atoms with Crippen molar-refractivity contribution < 1.29 is 14.3 Å². The number of methoxy groups -OCH3 is 1. The van der Waals surface area contributed by atoms with Crippen LogP contribution in [0.1, 0.15) is 10.4 Å². The second-order valence-electron chi connectivity index (χ2n) is 5.42. The number of carbonyl (C=O) groups excluding carboxylic acids is 2. The van der Waals surface area contributed by atoms with Gasteiger partial charge in [-0.2, -0.15) is 0 Å². The number of benzene rings is 1. The van der Waals surface area contributed by atoms with Crippen LogP contribution in [0.3, 0.4) is 0 Å². The lowest BCUT2D eigenvalue weighted by molar-refractivity contribution is -0.122.